The molecule has 0 unspecified atom stereocenters. The van der Waals surface area contributed by atoms with Gasteiger partial charge in [0, 0.05) is 5.57 Å². The molecular weight excluding hydrogens is 186 g/mol. The number of hydrogen-bond donors (Lipinski definition) is 0. The van der Waals surface area contributed by atoms with Crippen LogP contribution >= 0.6 is 0 Å². The number of carbonyl (C=O) groups is 1. The fourth-order valence-corrected chi connectivity index (χ4v) is 1.52. The SMILES string of the molecule is [N-]=C=C(C=O)c1ccc2ccccc2c1. The van der Waals surface area contributed by atoms with Crippen LogP contribution in [0, 0.1) is 0 Å². The van der Waals surface area contributed by atoms with E-state index in [-0.39, 0.29) is 5.57 Å². The van der Waals surface area contributed by atoms with Gasteiger partial charge >= 0.3 is 0 Å². The number of hydrogen-bond acceptors (Lipinski definition) is 1. The first-order chi connectivity index (χ1) is 7.35. The summed E-state index contributed by atoms with van der Waals surface area (Å²) in [5.74, 6) is 1.88. The molecule has 0 aliphatic heterocycles. The van der Waals surface area contributed by atoms with Gasteiger partial charge in [-0.2, -0.15) is 0 Å². The molecule has 0 saturated carbocycles. The quantitative estimate of drug-likeness (QED) is 0.411. The zero-order valence-electron chi connectivity index (χ0n) is 7.97. The second-order valence-electron chi connectivity index (χ2n) is 3.21. The van der Waals surface area contributed by atoms with Gasteiger partial charge < -0.3 is 5.41 Å². The number of nitrogens with zero attached hydrogens (tertiary/aromatic N) is 1. The van der Waals surface area contributed by atoms with E-state index in [2.05, 4.69) is 0 Å². The van der Waals surface area contributed by atoms with Gasteiger partial charge in [0.15, 0.2) is 6.29 Å². The third kappa shape index (κ3) is 1.71. The van der Waals surface area contributed by atoms with Crippen LogP contribution in [0.5, 0.6) is 0 Å². The van der Waals surface area contributed by atoms with E-state index >= 15 is 0 Å². The van der Waals surface area contributed by atoms with Gasteiger partial charge in [0.2, 0.25) is 0 Å². The van der Waals surface area contributed by atoms with Gasteiger partial charge in [0.05, 0.1) is 0 Å². The Balaban J connectivity index is 2.66. The summed E-state index contributed by atoms with van der Waals surface area (Å²) in [7, 11) is 0. The lowest BCUT2D eigenvalue weighted by Gasteiger charge is -2.02. The highest BCUT2D eigenvalue weighted by molar-refractivity contribution is 6.19. The molecular formula is C13H8NO-. The third-order valence-electron chi connectivity index (χ3n) is 2.30. The molecule has 0 spiro atoms. The maximum atomic E-state index is 10.6. The van der Waals surface area contributed by atoms with Gasteiger partial charge in [-0.25, -0.2) is 0 Å². The summed E-state index contributed by atoms with van der Waals surface area (Å²) in [6.45, 7) is 0. The van der Waals surface area contributed by atoms with Crippen molar-refractivity contribution >= 4 is 28.5 Å². The summed E-state index contributed by atoms with van der Waals surface area (Å²) in [5, 5.41) is 10.9. The van der Waals surface area contributed by atoms with Crippen molar-refractivity contribution in [2.24, 2.45) is 0 Å². The molecule has 0 aliphatic carbocycles. The highest BCUT2D eigenvalue weighted by atomic mass is 16.1. The number of rotatable bonds is 2. The summed E-state index contributed by atoms with van der Waals surface area (Å²) in [5.41, 5.74) is 0.840. The minimum atomic E-state index is 0.167. The molecule has 0 amide bonds. The Morgan fingerprint density at radius 2 is 1.87 bits per heavy atom. The van der Waals surface area contributed by atoms with Crippen molar-refractivity contribution < 1.29 is 4.79 Å². The van der Waals surface area contributed by atoms with E-state index < -0.39 is 0 Å². The van der Waals surface area contributed by atoms with Crippen molar-refractivity contribution in [3.63, 3.8) is 0 Å². The summed E-state index contributed by atoms with van der Waals surface area (Å²) in [6.07, 6.45) is 0.587. The topological polar surface area (TPSA) is 39.4 Å². The highest BCUT2D eigenvalue weighted by Gasteiger charge is 1.98. The fourth-order valence-electron chi connectivity index (χ4n) is 1.52. The number of carbonyl (C=O) groups excluding carboxylic acids is 1. The van der Waals surface area contributed by atoms with Crippen LogP contribution in [0.25, 0.3) is 21.8 Å². The van der Waals surface area contributed by atoms with Crippen LogP contribution in [-0.2, 0) is 4.79 Å². The number of fused-ring (bicyclic) bond motifs is 1. The van der Waals surface area contributed by atoms with Crippen LogP contribution in [0.2, 0.25) is 0 Å². The van der Waals surface area contributed by atoms with E-state index in [9.17, 15) is 4.79 Å². The summed E-state index contributed by atoms with van der Waals surface area (Å²) < 4.78 is 0. The lowest BCUT2D eigenvalue weighted by molar-refractivity contribution is -0.103. The molecule has 0 radical (unpaired) electrons. The number of benzene rings is 2. The Morgan fingerprint density at radius 1 is 1.13 bits per heavy atom. The Kier molecular flexibility index (Phi) is 2.44. The molecule has 0 fully saturated rings. The summed E-state index contributed by atoms with van der Waals surface area (Å²) >= 11 is 0. The normalized spacial score (nSPS) is 9.60. The minimum absolute atomic E-state index is 0.167. The standard InChI is InChI=1S/C13H8NO/c14-8-13(9-15)12-6-5-10-3-1-2-4-11(10)7-12/h1-7,9H/q-1. The molecule has 72 valence electrons. The van der Waals surface area contributed by atoms with Crippen molar-refractivity contribution in [3.05, 3.63) is 53.4 Å². The van der Waals surface area contributed by atoms with Gasteiger partial charge in [0.25, 0.3) is 0 Å². The highest BCUT2D eigenvalue weighted by Crippen LogP contribution is 2.18. The first-order valence-corrected chi connectivity index (χ1v) is 4.56. The van der Waals surface area contributed by atoms with E-state index in [1.165, 1.54) is 0 Å². The van der Waals surface area contributed by atoms with Crippen LogP contribution in [-0.4, -0.2) is 12.2 Å². The molecule has 0 N–H and O–H groups in total. The number of aldehydes is 1. The molecule has 2 nitrogen and oxygen atoms in total. The Labute approximate surface area is 87.4 Å². The molecule has 0 aliphatic rings. The molecule has 2 rings (SSSR count). The molecule has 15 heavy (non-hydrogen) atoms. The minimum Gasteiger partial charge on any atom is -0.763 e. The smallest absolute Gasteiger partial charge is 0.156 e. The van der Waals surface area contributed by atoms with Crippen molar-refractivity contribution in [1.29, 1.82) is 0 Å². The average molecular weight is 194 g/mol. The summed E-state index contributed by atoms with van der Waals surface area (Å²) in [6, 6.07) is 13.4. The first-order valence-electron chi connectivity index (χ1n) is 4.56. The fraction of sp³-hybridized carbons (Fsp3) is 0. The van der Waals surface area contributed by atoms with Crippen LogP contribution in [0.4, 0.5) is 0 Å². The third-order valence-corrected chi connectivity index (χ3v) is 2.30. The average Bonchev–Trinajstić information content (AvgIpc) is 2.30. The van der Waals surface area contributed by atoms with E-state index in [0.29, 0.717) is 11.8 Å². The van der Waals surface area contributed by atoms with Crippen molar-refractivity contribution in [3.8, 4) is 0 Å². The lowest BCUT2D eigenvalue weighted by atomic mass is 10.0. The Morgan fingerprint density at radius 3 is 2.53 bits per heavy atom. The summed E-state index contributed by atoms with van der Waals surface area (Å²) in [4.78, 5) is 10.6. The second-order valence-corrected chi connectivity index (χ2v) is 3.21. The predicted octanol–water partition coefficient (Wildman–Crippen LogP) is 2.66. The molecule has 2 heteroatoms. The first kappa shape index (κ1) is 9.38. The maximum absolute atomic E-state index is 10.6. The Bertz CT molecular complexity index is 566. The largest absolute Gasteiger partial charge is 0.763 e. The van der Waals surface area contributed by atoms with Crippen LogP contribution in [0.3, 0.4) is 0 Å². The van der Waals surface area contributed by atoms with Gasteiger partial charge in [0.1, 0.15) is 0 Å². The molecule has 0 saturated heterocycles. The van der Waals surface area contributed by atoms with Crippen molar-refractivity contribution in [2.75, 3.05) is 0 Å². The molecule has 2 aromatic carbocycles. The predicted molar refractivity (Wildman–Crippen MR) is 61.8 cm³/mol. The van der Waals surface area contributed by atoms with Crippen molar-refractivity contribution in [1.82, 2.24) is 0 Å². The zero-order valence-corrected chi connectivity index (χ0v) is 7.97. The van der Waals surface area contributed by atoms with E-state index in [0.717, 1.165) is 10.8 Å². The molecule has 0 atom stereocenters. The molecule has 2 aromatic rings. The van der Waals surface area contributed by atoms with Gasteiger partial charge in [-0.3, -0.25) is 10.7 Å². The van der Waals surface area contributed by atoms with E-state index in [1.54, 1.807) is 6.07 Å². The zero-order chi connectivity index (χ0) is 10.7. The number of allylic oxidation sites excluding steroid dienone is 1. The lowest BCUT2D eigenvalue weighted by Crippen LogP contribution is -1.86. The van der Waals surface area contributed by atoms with Gasteiger partial charge in [-0.15, -0.1) is 0 Å². The molecule has 0 bridgehead atoms. The van der Waals surface area contributed by atoms with Gasteiger partial charge in [-0.1, -0.05) is 36.4 Å². The molecule has 0 aromatic heterocycles. The van der Waals surface area contributed by atoms with Crippen molar-refractivity contribution in [2.45, 2.75) is 0 Å². The van der Waals surface area contributed by atoms with Crippen LogP contribution < -0.4 is 0 Å². The maximum Gasteiger partial charge on any atom is 0.156 e. The Hall–Kier alpha value is -2.18. The van der Waals surface area contributed by atoms with E-state index in [4.69, 9.17) is 5.41 Å². The van der Waals surface area contributed by atoms with Crippen LogP contribution in [0.15, 0.2) is 42.5 Å². The van der Waals surface area contributed by atoms with Crippen LogP contribution in [0.1, 0.15) is 5.56 Å². The molecule has 0 heterocycles. The monoisotopic (exact) mass is 194 g/mol. The van der Waals surface area contributed by atoms with Gasteiger partial charge in [-0.05, 0) is 22.4 Å². The second kappa shape index (κ2) is 3.91. The van der Waals surface area contributed by atoms with E-state index in [1.807, 2.05) is 42.3 Å².